The fourth-order valence-electron chi connectivity index (χ4n) is 4.47. The van der Waals surface area contributed by atoms with Gasteiger partial charge in [-0.15, -0.1) is 0 Å². The molecule has 0 radical (unpaired) electrons. The molecule has 10 nitrogen and oxygen atoms in total. The van der Waals surface area contributed by atoms with Crippen LogP contribution in [-0.4, -0.2) is 75.7 Å². The number of nitrogens with one attached hydrogen (secondary N) is 2. The molecular formula is C25H29N5O5. The molecule has 1 saturated carbocycles. The number of likely N-dealkylation sites (tertiary alicyclic amines) is 1. The van der Waals surface area contributed by atoms with E-state index in [9.17, 15) is 14.7 Å². The Morgan fingerprint density at radius 1 is 1.26 bits per heavy atom. The molecule has 1 saturated heterocycles. The molecule has 2 atom stereocenters. The Balaban J connectivity index is 1.49. The molecule has 3 heterocycles. The van der Waals surface area contributed by atoms with E-state index in [-0.39, 0.29) is 24.9 Å². The Bertz CT molecular complexity index is 1280. The first-order valence-corrected chi connectivity index (χ1v) is 11.7. The van der Waals surface area contributed by atoms with Crippen molar-refractivity contribution < 1.29 is 24.2 Å². The molecular weight excluding hydrogens is 450 g/mol. The van der Waals surface area contributed by atoms with E-state index in [4.69, 9.17) is 9.47 Å². The molecule has 1 aromatic carbocycles. The van der Waals surface area contributed by atoms with Crippen LogP contribution in [0, 0.1) is 12.8 Å². The third-order valence-corrected chi connectivity index (χ3v) is 6.66. The van der Waals surface area contributed by atoms with Crippen LogP contribution in [-0.2, 0) is 4.79 Å². The van der Waals surface area contributed by atoms with Gasteiger partial charge in [0.2, 0.25) is 5.91 Å². The van der Waals surface area contributed by atoms with Crippen molar-refractivity contribution in [2.45, 2.75) is 38.8 Å². The van der Waals surface area contributed by atoms with Gasteiger partial charge in [0, 0.05) is 31.3 Å². The fourth-order valence-corrected chi connectivity index (χ4v) is 4.47. The van der Waals surface area contributed by atoms with E-state index in [1.165, 1.54) is 31.0 Å². The van der Waals surface area contributed by atoms with Gasteiger partial charge in [0.05, 0.1) is 36.9 Å². The Hall–Kier alpha value is -3.66. The van der Waals surface area contributed by atoms with Crippen LogP contribution in [0.4, 0.5) is 0 Å². The zero-order chi connectivity index (χ0) is 24.7. The van der Waals surface area contributed by atoms with Crippen molar-refractivity contribution >= 4 is 22.8 Å². The smallest absolute Gasteiger partial charge is 0.255 e. The summed E-state index contributed by atoms with van der Waals surface area (Å²) in [5.41, 5.74) is 3.42. The summed E-state index contributed by atoms with van der Waals surface area (Å²) in [7, 11) is 1.60. The van der Waals surface area contributed by atoms with E-state index >= 15 is 0 Å². The summed E-state index contributed by atoms with van der Waals surface area (Å²) in [5.74, 6) is 1.43. The third-order valence-electron chi connectivity index (χ3n) is 6.66. The minimum absolute atomic E-state index is 0.139. The molecule has 2 aromatic heterocycles. The number of aliphatic hydroxyl groups is 1. The highest BCUT2D eigenvalue weighted by molar-refractivity contribution is 6.09. The van der Waals surface area contributed by atoms with Gasteiger partial charge in [-0.05, 0) is 43.9 Å². The van der Waals surface area contributed by atoms with Crippen molar-refractivity contribution in [2.24, 2.45) is 5.92 Å². The molecule has 0 bridgehead atoms. The Labute approximate surface area is 202 Å². The Kier molecular flexibility index (Phi) is 6.06. The van der Waals surface area contributed by atoms with E-state index in [1.807, 2.05) is 18.2 Å². The topological polar surface area (TPSA) is 130 Å². The number of hydrogen-bond donors (Lipinski definition) is 3. The van der Waals surface area contributed by atoms with Gasteiger partial charge < -0.3 is 29.8 Å². The van der Waals surface area contributed by atoms with Crippen LogP contribution >= 0.6 is 0 Å². The third kappa shape index (κ3) is 4.53. The van der Waals surface area contributed by atoms with Crippen molar-refractivity contribution in [1.82, 2.24) is 25.2 Å². The number of aromatic amines is 1. The average Bonchev–Trinajstić information content (AvgIpc) is 3.51. The zero-order valence-electron chi connectivity index (χ0n) is 20.0. The van der Waals surface area contributed by atoms with Gasteiger partial charge in [-0.1, -0.05) is 0 Å². The summed E-state index contributed by atoms with van der Waals surface area (Å²) in [6.45, 7) is 4.34. The number of carbonyl (C=O) groups is 2. The zero-order valence-corrected chi connectivity index (χ0v) is 20.0. The van der Waals surface area contributed by atoms with Gasteiger partial charge in [-0.25, -0.2) is 9.97 Å². The van der Waals surface area contributed by atoms with Crippen LogP contribution in [0.5, 0.6) is 11.5 Å². The summed E-state index contributed by atoms with van der Waals surface area (Å²) >= 11 is 0. The van der Waals surface area contributed by atoms with Crippen LogP contribution in [0.2, 0.25) is 0 Å². The second-order valence-corrected chi connectivity index (χ2v) is 9.26. The largest absolute Gasteiger partial charge is 0.497 e. The number of amides is 2. The fraction of sp³-hybridized carbons (Fsp3) is 0.440. The highest BCUT2D eigenvalue weighted by Crippen LogP contribution is 2.38. The van der Waals surface area contributed by atoms with E-state index in [0.29, 0.717) is 52.0 Å². The number of benzene rings is 1. The number of aromatic nitrogens is 3. The molecule has 2 aliphatic rings. The van der Waals surface area contributed by atoms with Gasteiger partial charge in [-0.3, -0.25) is 9.59 Å². The summed E-state index contributed by atoms with van der Waals surface area (Å²) in [6, 6.07) is 5.03. The maximum atomic E-state index is 13.3. The lowest BCUT2D eigenvalue weighted by atomic mass is 10.1. The minimum atomic E-state index is -0.832. The van der Waals surface area contributed by atoms with E-state index in [0.717, 1.165) is 5.56 Å². The molecule has 1 aliphatic carbocycles. The molecule has 5 rings (SSSR count). The molecule has 0 spiro atoms. The Morgan fingerprint density at radius 3 is 2.74 bits per heavy atom. The summed E-state index contributed by atoms with van der Waals surface area (Å²) in [4.78, 5) is 38.7. The standard InChI is InChI=1S/C25H29N5O5/c1-13-21(25(33)29-18-9-30(14(2)31)10-19(18)32)23-24(28-13)22(26-12-27-23)17-8-16(34-3)6-7-20(17)35-11-15-4-5-15/h6-8,12,15,18-19,28,32H,4-5,9-11H2,1-3H3,(H,29,33)/t18-,19-/m1/s1. The molecule has 0 unspecified atom stereocenters. The molecule has 2 fully saturated rings. The van der Waals surface area contributed by atoms with Crippen LogP contribution < -0.4 is 14.8 Å². The lowest BCUT2D eigenvalue weighted by molar-refractivity contribution is -0.128. The number of methoxy groups -OCH3 is 1. The van der Waals surface area contributed by atoms with E-state index in [1.54, 1.807) is 14.0 Å². The van der Waals surface area contributed by atoms with Crippen molar-refractivity contribution in [3.63, 3.8) is 0 Å². The van der Waals surface area contributed by atoms with Crippen LogP contribution in [0.3, 0.4) is 0 Å². The number of aliphatic hydroxyl groups excluding tert-OH is 1. The molecule has 2 amide bonds. The summed E-state index contributed by atoms with van der Waals surface area (Å²) in [5, 5.41) is 13.2. The first kappa shape index (κ1) is 23.1. The first-order valence-electron chi connectivity index (χ1n) is 11.7. The highest BCUT2D eigenvalue weighted by Gasteiger charge is 2.35. The van der Waals surface area contributed by atoms with Crippen molar-refractivity contribution in [1.29, 1.82) is 0 Å². The molecule has 35 heavy (non-hydrogen) atoms. The molecule has 1 aliphatic heterocycles. The minimum Gasteiger partial charge on any atom is -0.497 e. The van der Waals surface area contributed by atoms with Gasteiger partial charge in [0.1, 0.15) is 29.0 Å². The average molecular weight is 480 g/mol. The van der Waals surface area contributed by atoms with Gasteiger partial charge in [-0.2, -0.15) is 0 Å². The maximum Gasteiger partial charge on any atom is 0.255 e. The molecule has 3 aromatic rings. The van der Waals surface area contributed by atoms with Gasteiger partial charge in [0.25, 0.3) is 5.91 Å². The molecule has 3 N–H and O–H groups in total. The lowest BCUT2D eigenvalue weighted by Gasteiger charge is -2.16. The van der Waals surface area contributed by atoms with Gasteiger partial charge in [0.15, 0.2) is 0 Å². The predicted molar refractivity (Wildman–Crippen MR) is 128 cm³/mol. The summed E-state index contributed by atoms with van der Waals surface area (Å²) < 4.78 is 11.5. The highest BCUT2D eigenvalue weighted by atomic mass is 16.5. The van der Waals surface area contributed by atoms with E-state index < -0.39 is 12.1 Å². The maximum absolute atomic E-state index is 13.3. The number of ether oxygens (including phenoxy) is 2. The SMILES string of the molecule is COc1ccc(OCC2CC2)c(-c2ncnc3c(C(=O)N[C@@H]4CN(C(C)=O)C[C@H]4O)c(C)[nH]c23)c1. The normalized spacial score (nSPS) is 19.7. The van der Waals surface area contributed by atoms with Gasteiger partial charge >= 0.3 is 0 Å². The monoisotopic (exact) mass is 479 g/mol. The summed E-state index contributed by atoms with van der Waals surface area (Å²) in [6.07, 6.45) is 2.95. The second kappa shape index (κ2) is 9.18. The van der Waals surface area contributed by atoms with Crippen molar-refractivity contribution in [3.05, 3.63) is 35.8 Å². The number of carbonyl (C=O) groups excluding carboxylic acids is 2. The van der Waals surface area contributed by atoms with E-state index in [2.05, 4.69) is 20.3 Å². The number of aryl methyl sites for hydroxylation is 1. The number of fused-ring (bicyclic) bond motifs is 1. The molecule has 184 valence electrons. The molecule has 10 heteroatoms. The quantitative estimate of drug-likeness (QED) is 0.473. The lowest BCUT2D eigenvalue weighted by Crippen LogP contribution is -2.43. The Morgan fingerprint density at radius 2 is 2.06 bits per heavy atom. The predicted octanol–water partition coefficient (Wildman–Crippen LogP) is 2.05. The number of nitrogens with zero attached hydrogens (tertiary/aromatic N) is 3. The number of rotatable bonds is 7. The number of H-pyrrole nitrogens is 1. The van der Waals surface area contributed by atoms with Crippen LogP contribution in [0.15, 0.2) is 24.5 Å². The van der Waals surface area contributed by atoms with Crippen molar-refractivity contribution in [2.75, 3.05) is 26.8 Å². The van der Waals surface area contributed by atoms with Crippen molar-refractivity contribution in [3.8, 4) is 22.8 Å². The first-order chi connectivity index (χ1) is 16.9. The van der Waals surface area contributed by atoms with Crippen LogP contribution in [0.25, 0.3) is 22.3 Å². The second-order valence-electron chi connectivity index (χ2n) is 9.26. The number of hydrogen-bond acceptors (Lipinski definition) is 7. The number of β-amino-alcohol motifs (C(OH)–C–C–N with tert-alkyl or cyclic N) is 1. The van der Waals surface area contributed by atoms with Crippen LogP contribution in [0.1, 0.15) is 35.8 Å².